The highest BCUT2D eigenvalue weighted by Gasteiger charge is 2.37. The number of nitro groups is 1. The topological polar surface area (TPSA) is 80.5 Å². The molecule has 0 aliphatic carbocycles. The summed E-state index contributed by atoms with van der Waals surface area (Å²) in [6.45, 7) is 0. The average Bonchev–Trinajstić information content (AvgIpc) is 2.72. The molecule has 2 aromatic rings. The molecule has 0 spiro atoms. The highest BCUT2D eigenvalue weighted by atomic mass is 35.5. The average molecular weight is 337 g/mol. The normalized spacial score (nSPS) is 13.5. The zero-order chi connectivity index (χ0) is 16.0. The Balaban J connectivity index is 2.05. The van der Waals surface area contributed by atoms with E-state index in [0.29, 0.717) is 0 Å². The zero-order valence-electron chi connectivity index (χ0n) is 10.7. The molecule has 22 heavy (non-hydrogen) atoms. The largest absolute Gasteiger partial charge is 0.269 e. The second-order valence-corrected chi connectivity index (χ2v) is 5.35. The Morgan fingerprint density at radius 3 is 1.77 bits per heavy atom. The van der Waals surface area contributed by atoms with Crippen LogP contribution in [0.15, 0.2) is 36.4 Å². The van der Waals surface area contributed by atoms with Gasteiger partial charge in [-0.25, -0.2) is 4.90 Å². The van der Waals surface area contributed by atoms with Crippen molar-refractivity contribution in [3.05, 3.63) is 67.7 Å². The first-order valence-electron chi connectivity index (χ1n) is 6.02. The summed E-state index contributed by atoms with van der Waals surface area (Å²) in [5.74, 6) is -1.10. The molecule has 1 aliphatic heterocycles. The minimum Gasteiger partial charge on any atom is -0.268 e. The number of rotatable bonds is 2. The molecule has 6 nitrogen and oxygen atoms in total. The minimum absolute atomic E-state index is 0.133. The molecule has 0 bridgehead atoms. The van der Waals surface area contributed by atoms with Crippen molar-refractivity contribution in [1.29, 1.82) is 0 Å². The van der Waals surface area contributed by atoms with Crippen LogP contribution in [0.5, 0.6) is 0 Å². The van der Waals surface area contributed by atoms with Crippen LogP contribution in [0, 0.1) is 10.1 Å². The van der Waals surface area contributed by atoms with Gasteiger partial charge in [0.05, 0.1) is 31.8 Å². The van der Waals surface area contributed by atoms with Gasteiger partial charge in [0.15, 0.2) is 0 Å². The minimum atomic E-state index is -0.564. The number of hydrogen-bond acceptors (Lipinski definition) is 4. The summed E-state index contributed by atoms with van der Waals surface area (Å²) in [6.07, 6.45) is 0. The highest BCUT2D eigenvalue weighted by molar-refractivity contribution is 6.44. The van der Waals surface area contributed by atoms with Crippen LogP contribution in [0.2, 0.25) is 10.0 Å². The van der Waals surface area contributed by atoms with E-state index in [1.54, 1.807) is 0 Å². The molecule has 8 heteroatoms. The lowest BCUT2D eigenvalue weighted by Gasteiger charge is -2.13. The Hall–Kier alpha value is -2.44. The fraction of sp³-hybridized carbons (Fsp3) is 0. The molecule has 0 aromatic heterocycles. The third kappa shape index (κ3) is 2.13. The molecule has 2 aromatic carbocycles. The lowest BCUT2D eigenvalue weighted by Crippen LogP contribution is -2.29. The molecule has 1 heterocycles. The van der Waals surface area contributed by atoms with Crippen molar-refractivity contribution in [2.75, 3.05) is 4.90 Å². The molecular weight excluding hydrogens is 331 g/mol. The number of hydrogen-bond donors (Lipinski definition) is 0. The summed E-state index contributed by atoms with van der Waals surface area (Å²) in [7, 11) is 0. The first-order chi connectivity index (χ1) is 10.4. The van der Waals surface area contributed by atoms with Crippen LogP contribution in [0.25, 0.3) is 0 Å². The summed E-state index contributed by atoms with van der Waals surface area (Å²) in [6, 6.07) is 7.79. The van der Waals surface area contributed by atoms with Gasteiger partial charge in [0.2, 0.25) is 0 Å². The number of benzene rings is 2. The molecule has 0 unspecified atom stereocenters. The summed E-state index contributed by atoms with van der Waals surface area (Å²) in [5.41, 5.74) is 0.408. The Bertz CT molecular complexity index is 792. The highest BCUT2D eigenvalue weighted by Crippen LogP contribution is 2.34. The molecule has 0 fully saturated rings. The van der Waals surface area contributed by atoms with Crippen LogP contribution in [0.1, 0.15) is 20.7 Å². The Morgan fingerprint density at radius 2 is 1.36 bits per heavy atom. The van der Waals surface area contributed by atoms with Crippen molar-refractivity contribution in [1.82, 2.24) is 0 Å². The van der Waals surface area contributed by atoms with Gasteiger partial charge in [0, 0.05) is 12.1 Å². The van der Waals surface area contributed by atoms with E-state index >= 15 is 0 Å². The smallest absolute Gasteiger partial charge is 0.268 e. The van der Waals surface area contributed by atoms with E-state index in [9.17, 15) is 19.7 Å². The first-order valence-corrected chi connectivity index (χ1v) is 6.78. The fourth-order valence-corrected chi connectivity index (χ4v) is 2.52. The number of non-ortho nitro benzene ring substituents is 1. The number of halogens is 2. The summed E-state index contributed by atoms with van der Waals surface area (Å²) < 4.78 is 0. The maximum Gasteiger partial charge on any atom is 0.269 e. The predicted octanol–water partition coefficient (Wildman–Crippen LogP) is 3.70. The van der Waals surface area contributed by atoms with E-state index in [1.165, 1.54) is 36.4 Å². The van der Waals surface area contributed by atoms with Crippen LogP contribution in [-0.2, 0) is 0 Å². The number of fused-ring (bicyclic) bond motifs is 1. The molecule has 2 amide bonds. The van der Waals surface area contributed by atoms with Crippen molar-refractivity contribution < 1.29 is 14.5 Å². The van der Waals surface area contributed by atoms with Crippen molar-refractivity contribution in [3.63, 3.8) is 0 Å². The maximum atomic E-state index is 12.4. The van der Waals surface area contributed by atoms with E-state index in [1.807, 2.05) is 0 Å². The quantitative estimate of drug-likeness (QED) is 0.475. The van der Waals surface area contributed by atoms with Gasteiger partial charge < -0.3 is 0 Å². The summed E-state index contributed by atoms with van der Waals surface area (Å²) in [4.78, 5) is 35.7. The van der Waals surface area contributed by atoms with Gasteiger partial charge in [-0.15, -0.1) is 0 Å². The number of imide groups is 1. The molecule has 110 valence electrons. The molecule has 0 N–H and O–H groups in total. The fourth-order valence-electron chi connectivity index (χ4n) is 2.19. The molecule has 0 atom stereocenters. The van der Waals surface area contributed by atoms with Gasteiger partial charge in [0.25, 0.3) is 17.5 Å². The predicted molar refractivity (Wildman–Crippen MR) is 80.7 cm³/mol. The van der Waals surface area contributed by atoms with Crippen molar-refractivity contribution >= 4 is 46.4 Å². The van der Waals surface area contributed by atoms with E-state index < -0.39 is 16.7 Å². The second kappa shape index (κ2) is 5.08. The van der Waals surface area contributed by atoms with Crippen LogP contribution >= 0.6 is 23.2 Å². The second-order valence-electron chi connectivity index (χ2n) is 4.53. The summed E-state index contributed by atoms with van der Waals surface area (Å²) in [5, 5.41) is 11.0. The molecular formula is C14H6Cl2N2O4. The SMILES string of the molecule is O=C1c2cc(Cl)c(Cl)cc2C(=O)N1c1ccc([N+](=O)[O-])cc1. The van der Waals surface area contributed by atoms with Crippen LogP contribution in [-0.4, -0.2) is 16.7 Å². The van der Waals surface area contributed by atoms with Crippen LogP contribution < -0.4 is 4.90 Å². The van der Waals surface area contributed by atoms with Gasteiger partial charge in [-0.1, -0.05) is 23.2 Å². The van der Waals surface area contributed by atoms with E-state index in [2.05, 4.69) is 0 Å². The van der Waals surface area contributed by atoms with Crippen LogP contribution in [0.4, 0.5) is 11.4 Å². The van der Waals surface area contributed by atoms with Crippen molar-refractivity contribution in [2.24, 2.45) is 0 Å². The van der Waals surface area contributed by atoms with Gasteiger partial charge >= 0.3 is 0 Å². The van der Waals surface area contributed by atoms with Gasteiger partial charge in [-0.05, 0) is 24.3 Å². The third-order valence-corrected chi connectivity index (χ3v) is 3.97. The van der Waals surface area contributed by atoms with Crippen molar-refractivity contribution in [2.45, 2.75) is 0 Å². The zero-order valence-corrected chi connectivity index (χ0v) is 12.3. The number of carbonyl (C=O) groups is 2. The number of anilines is 1. The molecule has 0 saturated heterocycles. The Morgan fingerprint density at radius 1 is 0.909 bits per heavy atom. The maximum absolute atomic E-state index is 12.4. The molecule has 3 rings (SSSR count). The number of nitrogens with zero attached hydrogens (tertiary/aromatic N) is 2. The monoisotopic (exact) mass is 336 g/mol. The summed E-state index contributed by atoms with van der Waals surface area (Å²) >= 11 is 11.7. The number of carbonyl (C=O) groups excluding carboxylic acids is 2. The van der Waals surface area contributed by atoms with Gasteiger partial charge in [-0.3, -0.25) is 19.7 Å². The molecule has 1 aliphatic rings. The standard InChI is InChI=1S/C14H6Cl2N2O4/c15-11-5-9-10(6-12(11)16)14(20)17(13(9)19)7-1-3-8(4-2-7)18(21)22/h1-6H. The van der Waals surface area contributed by atoms with Gasteiger partial charge in [0.1, 0.15) is 0 Å². The lowest BCUT2D eigenvalue weighted by atomic mass is 10.1. The molecule has 0 saturated carbocycles. The Labute approximate surface area is 134 Å². The molecule has 0 radical (unpaired) electrons. The lowest BCUT2D eigenvalue weighted by molar-refractivity contribution is -0.384. The van der Waals surface area contributed by atoms with E-state index in [0.717, 1.165) is 4.90 Å². The van der Waals surface area contributed by atoms with Crippen molar-refractivity contribution in [3.8, 4) is 0 Å². The van der Waals surface area contributed by atoms with E-state index in [-0.39, 0.29) is 32.5 Å². The van der Waals surface area contributed by atoms with Crippen LogP contribution in [0.3, 0.4) is 0 Å². The number of nitro benzene ring substituents is 1. The first kappa shape index (κ1) is 14.5. The number of amides is 2. The van der Waals surface area contributed by atoms with E-state index in [4.69, 9.17) is 23.2 Å². The van der Waals surface area contributed by atoms with Gasteiger partial charge in [-0.2, -0.15) is 0 Å². The Kier molecular flexibility index (Phi) is 3.35. The third-order valence-electron chi connectivity index (χ3n) is 3.25.